The highest BCUT2D eigenvalue weighted by atomic mass is 127. The van der Waals surface area contributed by atoms with Gasteiger partial charge in [0.05, 0.1) is 25.5 Å². The molecule has 0 spiro atoms. The number of hydrogen-bond acceptors (Lipinski definition) is 6. The van der Waals surface area contributed by atoms with Gasteiger partial charge in [-0.1, -0.05) is 101 Å². The first-order chi connectivity index (χ1) is 25.1. The number of hydrogen-bond donors (Lipinski definition) is 3. The average molecular weight is 1100 g/mol. The van der Waals surface area contributed by atoms with Crippen molar-refractivity contribution in [2.75, 3.05) is 16.2 Å². The zero-order valence-corrected chi connectivity index (χ0v) is 39.3. The lowest BCUT2D eigenvalue weighted by Gasteiger charge is -2.19. The van der Waals surface area contributed by atoms with E-state index in [0.717, 1.165) is 18.3 Å². The van der Waals surface area contributed by atoms with Crippen LogP contribution in [0.2, 0.25) is 15.1 Å². The molecule has 5 aromatic rings. The van der Waals surface area contributed by atoms with E-state index in [0.29, 0.717) is 22.1 Å². The lowest BCUT2D eigenvalue weighted by molar-refractivity contribution is 0.587. The van der Waals surface area contributed by atoms with Crippen LogP contribution in [0.15, 0.2) is 107 Å². The predicted molar refractivity (Wildman–Crippen MR) is 243 cm³/mol. The second kappa shape index (κ2) is 20.5. The largest absolute Gasteiger partial charge is 0.399 e. The van der Waals surface area contributed by atoms with Crippen molar-refractivity contribution < 1.29 is 25.6 Å². The number of anilines is 3. The van der Waals surface area contributed by atoms with Gasteiger partial charge >= 0.3 is 0 Å². The summed E-state index contributed by atoms with van der Waals surface area (Å²) in [4.78, 5) is 0.387. The van der Waals surface area contributed by atoms with Gasteiger partial charge in [0, 0.05) is 34.2 Å². The first-order valence-corrected chi connectivity index (χ1v) is 22.9. The maximum Gasteiger partial charge on any atom is 0.261 e. The molecule has 0 heterocycles. The van der Waals surface area contributed by atoms with Crippen molar-refractivity contribution in [2.24, 2.45) is 0 Å². The summed E-state index contributed by atoms with van der Waals surface area (Å²) >= 11 is 20.7. The van der Waals surface area contributed by atoms with Gasteiger partial charge in [-0.15, -0.1) is 0 Å². The Labute approximate surface area is 369 Å². The molecule has 5 N–H and O–H groups in total. The molecule has 0 unspecified atom stereocenters. The Morgan fingerprint density at radius 1 is 0.600 bits per heavy atom. The highest BCUT2D eigenvalue weighted by molar-refractivity contribution is 14.1. The molecule has 298 valence electrons. The van der Waals surface area contributed by atoms with Crippen LogP contribution in [0.3, 0.4) is 0 Å². The minimum atomic E-state index is -3.61. The van der Waals surface area contributed by atoms with Crippen molar-refractivity contribution in [3.63, 3.8) is 0 Å². The van der Waals surface area contributed by atoms with Crippen molar-refractivity contribution in [3.8, 4) is 0 Å². The van der Waals surface area contributed by atoms with Gasteiger partial charge in [0.1, 0.15) is 11.6 Å². The Balaban J connectivity index is 0.000000272. The fraction of sp³-hybridized carbons (Fsp3) is 0.211. The predicted octanol–water partition coefficient (Wildman–Crippen LogP) is 12.7. The van der Waals surface area contributed by atoms with Crippen LogP contribution in [0.1, 0.15) is 52.7 Å². The summed E-state index contributed by atoms with van der Waals surface area (Å²) in [6, 6.07) is 25.5. The molecule has 0 amide bonds. The quantitative estimate of drug-likeness (QED) is 0.0711. The summed E-state index contributed by atoms with van der Waals surface area (Å²) in [5, 5.41) is 0.782. The smallest absolute Gasteiger partial charge is 0.261 e. The third-order valence-electron chi connectivity index (χ3n) is 7.19. The molecular weight excluding hydrogens is 1060 g/mol. The van der Waals surface area contributed by atoms with E-state index in [9.17, 15) is 25.6 Å². The van der Waals surface area contributed by atoms with Gasteiger partial charge in [-0.25, -0.2) is 25.6 Å². The minimum absolute atomic E-state index is 0.0126. The number of sulfonamides is 1. The first kappa shape index (κ1) is 49.0. The van der Waals surface area contributed by atoms with Gasteiger partial charge in [0.15, 0.2) is 0 Å². The first-order valence-electron chi connectivity index (χ1n) is 15.9. The summed E-state index contributed by atoms with van der Waals surface area (Å²) in [5.74, 6) is -0.948. The van der Waals surface area contributed by atoms with Gasteiger partial charge in [-0.3, -0.25) is 4.72 Å². The second-order valence-corrected chi connectivity index (χ2v) is 21.5. The molecule has 17 heteroatoms. The summed E-state index contributed by atoms with van der Waals surface area (Å²) in [5.41, 5.74) is 14.1. The molecule has 0 radical (unpaired) electrons. The molecule has 5 aromatic carbocycles. The number of nitrogens with one attached hydrogen (secondary N) is 1. The standard InChI is InChI=1S/C16H17ClINO2S.C10H13ClO2S.C6H4ClFIN.C6H5ClFN/c1-16(2,3)11-4-7-13(8-5-11)22(20,21)19-15-9-6-12(17)10-14(15)18;1-10(2,3)8-4-6-9(7-5-8)14(11,12)13;7-3-1-5(9)6(10)2-4(3)8;7-5-2-1-4(9)3-6(5)8/h4-10,19H,1-3H3;4-7H,1-3H3;1-2H,10H2;1-3H,9H2. The van der Waals surface area contributed by atoms with Gasteiger partial charge in [0.25, 0.3) is 19.1 Å². The summed E-state index contributed by atoms with van der Waals surface area (Å²) in [6.07, 6.45) is 0. The zero-order chi connectivity index (χ0) is 42.1. The van der Waals surface area contributed by atoms with Crippen LogP contribution in [-0.2, 0) is 29.9 Å². The lowest BCUT2D eigenvalue weighted by atomic mass is 9.87. The number of halogens is 8. The molecule has 0 aromatic heterocycles. The van der Waals surface area contributed by atoms with Crippen LogP contribution < -0.4 is 16.2 Å². The molecule has 0 saturated carbocycles. The van der Waals surface area contributed by atoms with Crippen molar-refractivity contribution in [1.29, 1.82) is 0 Å². The van der Waals surface area contributed by atoms with Crippen LogP contribution in [0.5, 0.6) is 0 Å². The maximum atomic E-state index is 12.5. The van der Waals surface area contributed by atoms with Crippen LogP contribution in [0, 0.1) is 18.8 Å². The Morgan fingerprint density at radius 2 is 1.07 bits per heavy atom. The molecular formula is C38H39Cl4F2I2N3O4S2. The SMILES string of the molecule is CC(C)(C)c1ccc(S(=O)(=O)Cl)cc1.CC(C)(C)c1ccc(S(=O)(=O)Nc2ccc(Cl)cc2I)cc1.Nc1cc(F)c(Cl)cc1I.Nc1ccc(Cl)c(F)c1. The van der Waals surface area contributed by atoms with Crippen molar-refractivity contribution in [3.05, 3.63) is 142 Å². The number of rotatable bonds is 4. The van der Waals surface area contributed by atoms with E-state index < -0.39 is 30.7 Å². The normalized spacial score (nSPS) is 11.5. The molecule has 0 aliphatic heterocycles. The third kappa shape index (κ3) is 16.3. The highest BCUT2D eigenvalue weighted by Gasteiger charge is 2.19. The molecule has 0 bridgehead atoms. The molecule has 0 saturated heterocycles. The summed E-state index contributed by atoms with van der Waals surface area (Å²) in [7, 11) is -2.00. The van der Waals surface area contributed by atoms with Crippen LogP contribution in [-0.4, -0.2) is 16.8 Å². The van der Waals surface area contributed by atoms with E-state index in [1.165, 1.54) is 36.4 Å². The number of nitrogens with two attached hydrogens (primary N) is 2. The molecule has 5 rings (SSSR count). The van der Waals surface area contributed by atoms with E-state index in [1.807, 2.05) is 57.3 Å². The fourth-order valence-electron chi connectivity index (χ4n) is 4.08. The zero-order valence-electron chi connectivity index (χ0n) is 30.4. The van der Waals surface area contributed by atoms with Crippen molar-refractivity contribution in [2.45, 2.75) is 62.2 Å². The molecule has 55 heavy (non-hydrogen) atoms. The third-order valence-corrected chi connectivity index (χ3v) is 12.6. The van der Waals surface area contributed by atoms with Crippen LogP contribution in [0.25, 0.3) is 0 Å². The van der Waals surface area contributed by atoms with E-state index in [1.54, 1.807) is 48.5 Å². The molecule has 0 aliphatic rings. The monoisotopic (exact) mass is 1100 g/mol. The van der Waals surface area contributed by atoms with Gasteiger partial charge in [-0.05, 0) is 140 Å². The maximum absolute atomic E-state index is 12.5. The molecule has 7 nitrogen and oxygen atoms in total. The van der Waals surface area contributed by atoms with Gasteiger partial charge in [-0.2, -0.15) is 0 Å². The van der Waals surface area contributed by atoms with Gasteiger partial charge < -0.3 is 11.5 Å². The van der Waals surface area contributed by atoms with Crippen LogP contribution >= 0.6 is 90.7 Å². The summed E-state index contributed by atoms with van der Waals surface area (Å²) in [6.45, 7) is 12.5. The minimum Gasteiger partial charge on any atom is -0.399 e. The van der Waals surface area contributed by atoms with Crippen LogP contribution in [0.4, 0.5) is 25.8 Å². The molecule has 0 aliphatic carbocycles. The highest BCUT2D eigenvalue weighted by Crippen LogP contribution is 2.28. The van der Waals surface area contributed by atoms with E-state index in [4.69, 9.17) is 57.0 Å². The fourth-order valence-corrected chi connectivity index (χ4v) is 8.05. The van der Waals surface area contributed by atoms with E-state index >= 15 is 0 Å². The Hall–Kier alpha value is -2.12. The van der Waals surface area contributed by atoms with E-state index in [2.05, 4.69) is 46.3 Å². The number of benzene rings is 5. The van der Waals surface area contributed by atoms with Gasteiger partial charge in [0.2, 0.25) is 0 Å². The average Bonchev–Trinajstić information content (AvgIpc) is 3.07. The lowest BCUT2D eigenvalue weighted by Crippen LogP contribution is -2.15. The van der Waals surface area contributed by atoms with Crippen molar-refractivity contribution in [1.82, 2.24) is 0 Å². The van der Waals surface area contributed by atoms with E-state index in [-0.39, 0.29) is 30.7 Å². The van der Waals surface area contributed by atoms with Crippen molar-refractivity contribution >= 4 is 127 Å². The Kier molecular flexibility index (Phi) is 18.3. The summed E-state index contributed by atoms with van der Waals surface area (Å²) < 4.78 is 75.8. The Bertz CT molecular complexity index is 2260. The molecule has 0 fully saturated rings. The Morgan fingerprint density at radius 3 is 1.47 bits per heavy atom. The number of nitrogen functional groups attached to an aromatic ring is 2. The topological polar surface area (TPSA) is 132 Å². The molecule has 0 atom stereocenters. The second-order valence-electron chi connectivity index (χ2n) is 13.7.